The van der Waals surface area contributed by atoms with E-state index in [0.717, 1.165) is 55.0 Å². The van der Waals surface area contributed by atoms with Crippen LogP contribution in [-0.2, 0) is 4.74 Å². The third-order valence-electron chi connectivity index (χ3n) is 6.59. The number of nitro benzene ring substituents is 1. The summed E-state index contributed by atoms with van der Waals surface area (Å²) in [7, 11) is 0. The molecule has 0 saturated carbocycles. The molecule has 1 unspecified atom stereocenters. The summed E-state index contributed by atoms with van der Waals surface area (Å²) in [4.78, 5) is 21.5. The lowest BCUT2D eigenvalue weighted by Gasteiger charge is -2.15. The van der Waals surface area contributed by atoms with E-state index in [1.165, 1.54) is 31.4 Å². The number of rotatable bonds is 19. The van der Waals surface area contributed by atoms with Crippen LogP contribution in [0.25, 0.3) is 11.1 Å². The number of unbranched alkanes of at least 4 members (excludes halogenated alkanes) is 7. The van der Waals surface area contributed by atoms with Crippen molar-refractivity contribution < 1.29 is 34.1 Å². The van der Waals surface area contributed by atoms with Crippen LogP contribution in [0.5, 0.6) is 17.2 Å². The van der Waals surface area contributed by atoms with Gasteiger partial charge in [0.05, 0.1) is 29.8 Å². The zero-order valence-electron chi connectivity index (χ0n) is 23.5. The van der Waals surface area contributed by atoms with Gasteiger partial charge in [-0.2, -0.15) is 0 Å². The van der Waals surface area contributed by atoms with E-state index in [1.807, 2.05) is 36.4 Å². The Labute approximate surface area is 240 Å². The van der Waals surface area contributed by atoms with Gasteiger partial charge in [0.2, 0.25) is 0 Å². The molecule has 0 spiro atoms. The Bertz CT molecular complexity index is 1230. The average Bonchev–Trinajstić information content (AvgIpc) is 2.96. The van der Waals surface area contributed by atoms with Gasteiger partial charge in [-0.3, -0.25) is 10.1 Å². The quantitative estimate of drug-likeness (QED) is 0.0861. The molecule has 0 fully saturated rings. The predicted octanol–water partition coefficient (Wildman–Crippen LogP) is 7.65. The molecule has 9 heteroatoms. The number of hydrogen-bond donors (Lipinski definition) is 2. The number of phenolic OH excluding ortho intramolecular Hbond substituents is 1. The lowest BCUT2D eigenvalue weighted by Crippen LogP contribution is -2.20. The van der Waals surface area contributed by atoms with Crippen LogP contribution in [0, 0.1) is 10.1 Å². The molecule has 220 valence electrons. The van der Waals surface area contributed by atoms with Crippen LogP contribution in [0.1, 0.15) is 68.6 Å². The van der Waals surface area contributed by atoms with Gasteiger partial charge in [0.1, 0.15) is 17.6 Å². The number of aromatic hydroxyl groups is 1. The van der Waals surface area contributed by atoms with Crippen molar-refractivity contribution in [3.8, 4) is 28.4 Å². The number of carbonyl (C=O) groups is 1. The predicted molar refractivity (Wildman–Crippen MR) is 157 cm³/mol. The summed E-state index contributed by atoms with van der Waals surface area (Å²) in [6.45, 7) is 3.45. The molecular formula is C32H39NO8. The molecule has 9 nitrogen and oxygen atoms in total. The number of nitrogens with zero attached hydrogens (tertiary/aromatic N) is 1. The van der Waals surface area contributed by atoms with Crippen LogP contribution in [0.4, 0.5) is 5.69 Å². The van der Waals surface area contributed by atoms with Crippen LogP contribution in [0.15, 0.2) is 66.7 Å². The first-order valence-corrected chi connectivity index (χ1v) is 14.1. The van der Waals surface area contributed by atoms with E-state index in [1.54, 1.807) is 19.1 Å². The number of aromatic carboxylic acids is 1. The van der Waals surface area contributed by atoms with E-state index < -0.39 is 10.9 Å². The first-order valence-electron chi connectivity index (χ1n) is 14.1. The van der Waals surface area contributed by atoms with Crippen LogP contribution >= 0.6 is 0 Å². The molecular weight excluding hydrogens is 526 g/mol. The second-order valence-electron chi connectivity index (χ2n) is 10.00. The van der Waals surface area contributed by atoms with Crippen LogP contribution in [0.3, 0.4) is 0 Å². The van der Waals surface area contributed by atoms with Crippen molar-refractivity contribution >= 4 is 11.7 Å². The smallest absolute Gasteiger partial charge is 0.335 e. The minimum Gasteiger partial charge on any atom is -0.508 e. The van der Waals surface area contributed by atoms with Gasteiger partial charge in [-0.1, -0.05) is 62.8 Å². The Morgan fingerprint density at radius 1 is 0.829 bits per heavy atom. The third kappa shape index (κ3) is 11.1. The molecule has 0 saturated heterocycles. The van der Waals surface area contributed by atoms with E-state index in [-0.39, 0.29) is 28.9 Å². The van der Waals surface area contributed by atoms with Crippen molar-refractivity contribution in [1.82, 2.24) is 0 Å². The van der Waals surface area contributed by atoms with Crippen molar-refractivity contribution in [3.63, 3.8) is 0 Å². The Kier molecular flexibility index (Phi) is 12.9. The molecule has 0 aliphatic rings. The number of phenols is 1. The number of hydrogen-bond acceptors (Lipinski definition) is 7. The van der Waals surface area contributed by atoms with Gasteiger partial charge in [-0.25, -0.2) is 4.79 Å². The molecule has 2 N–H and O–H groups in total. The Morgan fingerprint density at radius 2 is 1.39 bits per heavy atom. The van der Waals surface area contributed by atoms with Crippen LogP contribution < -0.4 is 9.47 Å². The lowest BCUT2D eigenvalue weighted by molar-refractivity contribution is -0.386. The van der Waals surface area contributed by atoms with Crippen molar-refractivity contribution in [2.75, 3.05) is 19.8 Å². The fraction of sp³-hybridized carbons (Fsp3) is 0.406. The fourth-order valence-electron chi connectivity index (χ4n) is 4.35. The minimum atomic E-state index is -0.928. The number of carboxylic acids is 1. The van der Waals surface area contributed by atoms with E-state index >= 15 is 0 Å². The highest BCUT2D eigenvalue weighted by molar-refractivity contribution is 5.88. The summed E-state index contributed by atoms with van der Waals surface area (Å²) in [6.07, 6.45) is 8.61. The average molecular weight is 566 g/mol. The third-order valence-corrected chi connectivity index (χ3v) is 6.59. The molecule has 3 rings (SSSR count). The maximum Gasteiger partial charge on any atom is 0.335 e. The fourth-order valence-corrected chi connectivity index (χ4v) is 4.35. The summed E-state index contributed by atoms with van der Waals surface area (Å²) in [5.74, 6) is -0.150. The maximum atomic E-state index is 11.1. The van der Waals surface area contributed by atoms with Crippen molar-refractivity contribution in [2.45, 2.75) is 64.4 Å². The number of benzene rings is 3. The first kappa shape index (κ1) is 31.4. The van der Waals surface area contributed by atoms with Crippen molar-refractivity contribution in [2.24, 2.45) is 0 Å². The second kappa shape index (κ2) is 16.9. The summed E-state index contributed by atoms with van der Waals surface area (Å²) >= 11 is 0. The molecule has 0 amide bonds. The molecule has 3 aromatic carbocycles. The Hall–Kier alpha value is -4.11. The van der Waals surface area contributed by atoms with Crippen LogP contribution in [0.2, 0.25) is 0 Å². The molecule has 0 aliphatic heterocycles. The van der Waals surface area contributed by atoms with Gasteiger partial charge in [0.25, 0.3) is 0 Å². The lowest BCUT2D eigenvalue weighted by atomic mass is 10.0. The highest BCUT2D eigenvalue weighted by Crippen LogP contribution is 2.31. The minimum absolute atomic E-state index is 0.119. The van der Waals surface area contributed by atoms with Gasteiger partial charge in [0.15, 0.2) is 5.75 Å². The summed E-state index contributed by atoms with van der Waals surface area (Å²) < 4.78 is 17.1. The maximum absolute atomic E-state index is 11.1. The van der Waals surface area contributed by atoms with E-state index in [2.05, 4.69) is 0 Å². The molecule has 0 bridgehead atoms. The first-order chi connectivity index (χ1) is 19.8. The normalized spacial score (nSPS) is 11.6. The summed E-state index contributed by atoms with van der Waals surface area (Å²) in [5.41, 5.74) is 2.00. The topological polar surface area (TPSA) is 128 Å². The van der Waals surface area contributed by atoms with Crippen molar-refractivity contribution in [1.29, 1.82) is 0 Å². The highest BCUT2D eigenvalue weighted by atomic mass is 16.6. The molecule has 3 aromatic rings. The Morgan fingerprint density at radius 3 is 1.98 bits per heavy atom. The van der Waals surface area contributed by atoms with Crippen molar-refractivity contribution in [3.05, 3.63) is 82.4 Å². The second-order valence-corrected chi connectivity index (χ2v) is 10.00. The molecule has 0 aromatic heterocycles. The van der Waals surface area contributed by atoms with Gasteiger partial charge < -0.3 is 24.4 Å². The highest BCUT2D eigenvalue weighted by Gasteiger charge is 2.18. The van der Waals surface area contributed by atoms with Crippen LogP contribution in [-0.4, -0.2) is 47.0 Å². The molecule has 0 radical (unpaired) electrons. The molecule has 41 heavy (non-hydrogen) atoms. The number of nitro groups is 1. The summed E-state index contributed by atoms with van der Waals surface area (Å²) in [5, 5.41) is 29.6. The van der Waals surface area contributed by atoms with E-state index in [0.29, 0.717) is 19.8 Å². The standard InChI is InChI=1S/C32H39NO8/c1-24(41-31-19-16-28(34)22-30(31)33(37)38)23-39-20-8-6-4-2-3-5-7-9-21-40-29-17-14-26(15-18-29)25-10-12-27(13-11-25)32(35)36/h10-19,22,24,34H,2-9,20-21,23H2,1H3,(H,35,36). The largest absolute Gasteiger partial charge is 0.508 e. The van der Waals surface area contributed by atoms with E-state index in [4.69, 9.17) is 19.3 Å². The Balaban J connectivity index is 1.15. The number of ether oxygens (including phenoxy) is 3. The van der Waals surface area contributed by atoms with Gasteiger partial charge >= 0.3 is 11.7 Å². The van der Waals surface area contributed by atoms with Gasteiger partial charge in [-0.05, 0) is 67.3 Å². The number of carboxylic acid groups (broad SMARTS) is 1. The zero-order valence-corrected chi connectivity index (χ0v) is 23.5. The van der Waals surface area contributed by atoms with Gasteiger partial charge in [0, 0.05) is 6.61 Å². The SMILES string of the molecule is CC(COCCCCCCCCCCOc1ccc(-c2ccc(C(=O)O)cc2)cc1)Oc1ccc(O)cc1[N+](=O)[O-]. The molecule has 0 heterocycles. The van der Waals surface area contributed by atoms with E-state index in [9.17, 15) is 20.0 Å². The monoisotopic (exact) mass is 565 g/mol. The molecule has 1 atom stereocenters. The molecule has 0 aliphatic carbocycles. The summed E-state index contributed by atoms with van der Waals surface area (Å²) in [6, 6.07) is 18.5. The van der Waals surface area contributed by atoms with Gasteiger partial charge in [-0.15, -0.1) is 0 Å². The zero-order chi connectivity index (χ0) is 29.5.